The summed E-state index contributed by atoms with van der Waals surface area (Å²) < 4.78 is 0. The Labute approximate surface area is 148 Å². The van der Waals surface area contributed by atoms with Crippen LogP contribution in [0.25, 0.3) is 0 Å². The number of aliphatic imine (C=N–C) groups is 1. The average Bonchev–Trinajstić information content (AvgIpc) is 3.34. The summed E-state index contributed by atoms with van der Waals surface area (Å²) in [7, 11) is 1.80. The largest absolute Gasteiger partial charge is 0.356 e. The van der Waals surface area contributed by atoms with E-state index in [4.69, 9.17) is 0 Å². The van der Waals surface area contributed by atoms with Gasteiger partial charge in [0.2, 0.25) is 5.91 Å². The lowest BCUT2D eigenvalue weighted by molar-refractivity contribution is -0.134. The molecule has 1 atom stereocenters. The molecule has 1 aromatic heterocycles. The van der Waals surface area contributed by atoms with E-state index in [1.54, 1.807) is 18.4 Å². The Bertz CT molecular complexity index is 551. The lowest BCUT2D eigenvalue weighted by Gasteiger charge is -2.21. The first-order valence-corrected chi connectivity index (χ1v) is 9.97. The number of likely N-dealkylation sites (tertiary alicyclic amines) is 1. The van der Waals surface area contributed by atoms with Gasteiger partial charge < -0.3 is 15.5 Å². The predicted molar refractivity (Wildman–Crippen MR) is 99.5 cm³/mol. The Morgan fingerprint density at radius 2 is 2.21 bits per heavy atom. The number of carbonyl (C=O) groups is 1. The van der Waals surface area contributed by atoms with Crippen LogP contribution in [0.15, 0.2) is 21.8 Å². The third kappa shape index (κ3) is 4.50. The van der Waals surface area contributed by atoms with Crippen molar-refractivity contribution in [2.75, 3.05) is 26.7 Å². The van der Waals surface area contributed by atoms with E-state index in [0.717, 1.165) is 51.3 Å². The highest BCUT2D eigenvalue weighted by molar-refractivity contribution is 7.07. The SMILES string of the molecule is CN=C(NCCc1ccsc1)NC1CCN(C(=O)C2CCCC2)C1. The number of rotatable bonds is 5. The molecule has 3 rings (SSSR count). The topological polar surface area (TPSA) is 56.7 Å². The lowest BCUT2D eigenvalue weighted by atomic mass is 10.1. The van der Waals surface area contributed by atoms with Crippen LogP contribution in [-0.4, -0.2) is 49.5 Å². The molecule has 1 saturated heterocycles. The fourth-order valence-corrected chi connectivity index (χ4v) is 4.36. The third-order valence-electron chi connectivity index (χ3n) is 5.06. The molecule has 1 saturated carbocycles. The van der Waals surface area contributed by atoms with Gasteiger partial charge >= 0.3 is 0 Å². The maximum Gasteiger partial charge on any atom is 0.225 e. The van der Waals surface area contributed by atoms with Crippen LogP contribution in [0.3, 0.4) is 0 Å². The maximum atomic E-state index is 12.5. The van der Waals surface area contributed by atoms with E-state index < -0.39 is 0 Å². The van der Waals surface area contributed by atoms with Crippen molar-refractivity contribution in [3.8, 4) is 0 Å². The summed E-state index contributed by atoms with van der Waals surface area (Å²) >= 11 is 1.73. The minimum atomic E-state index is 0.284. The zero-order valence-corrected chi connectivity index (χ0v) is 15.3. The van der Waals surface area contributed by atoms with Gasteiger partial charge in [-0.2, -0.15) is 11.3 Å². The Morgan fingerprint density at radius 3 is 2.92 bits per heavy atom. The van der Waals surface area contributed by atoms with E-state index in [9.17, 15) is 4.79 Å². The van der Waals surface area contributed by atoms with Crippen LogP contribution in [0.4, 0.5) is 0 Å². The van der Waals surface area contributed by atoms with Crippen LogP contribution in [0, 0.1) is 5.92 Å². The van der Waals surface area contributed by atoms with Gasteiger partial charge in [0.1, 0.15) is 0 Å². The van der Waals surface area contributed by atoms with Crippen LogP contribution in [0.1, 0.15) is 37.7 Å². The summed E-state index contributed by atoms with van der Waals surface area (Å²) in [4.78, 5) is 18.9. The molecule has 0 radical (unpaired) electrons. The first-order valence-electron chi connectivity index (χ1n) is 9.03. The molecule has 5 nitrogen and oxygen atoms in total. The summed E-state index contributed by atoms with van der Waals surface area (Å²) in [6, 6.07) is 2.47. The van der Waals surface area contributed by atoms with Gasteiger partial charge in [0.15, 0.2) is 5.96 Å². The number of thiophene rings is 1. The number of amides is 1. The second-order valence-electron chi connectivity index (χ2n) is 6.78. The molecular formula is C18H28N4OS. The summed E-state index contributed by atoms with van der Waals surface area (Å²) in [5.41, 5.74) is 1.36. The molecule has 1 aliphatic heterocycles. The Kier molecular flexibility index (Phi) is 6.12. The molecule has 6 heteroatoms. The molecule has 1 amide bonds. The molecule has 2 heterocycles. The molecule has 1 aromatic rings. The minimum absolute atomic E-state index is 0.284. The fraction of sp³-hybridized carbons (Fsp3) is 0.667. The molecular weight excluding hydrogens is 320 g/mol. The summed E-state index contributed by atoms with van der Waals surface area (Å²) in [5.74, 6) is 1.49. The zero-order chi connectivity index (χ0) is 16.8. The smallest absolute Gasteiger partial charge is 0.225 e. The quantitative estimate of drug-likeness (QED) is 0.634. The van der Waals surface area contributed by atoms with Gasteiger partial charge in [-0.25, -0.2) is 0 Å². The van der Waals surface area contributed by atoms with E-state index >= 15 is 0 Å². The second-order valence-corrected chi connectivity index (χ2v) is 7.56. The Hall–Kier alpha value is -1.56. The monoisotopic (exact) mass is 348 g/mol. The Morgan fingerprint density at radius 1 is 1.38 bits per heavy atom. The molecule has 2 fully saturated rings. The standard InChI is InChI=1S/C18H28N4OS/c1-19-18(20-9-6-14-8-11-24-13-14)21-16-7-10-22(12-16)17(23)15-4-2-3-5-15/h8,11,13,15-16H,2-7,9-10,12H2,1H3,(H2,19,20,21). The molecule has 0 aromatic carbocycles. The van der Waals surface area contributed by atoms with Gasteiger partial charge in [-0.05, 0) is 48.1 Å². The van der Waals surface area contributed by atoms with Crippen molar-refractivity contribution in [2.24, 2.45) is 10.9 Å². The van der Waals surface area contributed by atoms with Gasteiger partial charge in [-0.15, -0.1) is 0 Å². The second kappa shape index (κ2) is 8.51. The van der Waals surface area contributed by atoms with Crippen LogP contribution in [0.2, 0.25) is 0 Å². The van der Waals surface area contributed by atoms with Gasteiger partial charge in [0.05, 0.1) is 0 Å². The van der Waals surface area contributed by atoms with Gasteiger partial charge in [-0.1, -0.05) is 12.8 Å². The predicted octanol–water partition coefficient (Wildman–Crippen LogP) is 2.25. The van der Waals surface area contributed by atoms with E-state index in [1.165, 1.54) is 18.4 Å². The van der Waals surface area contributed by atoms with Crippen molar-refractivity contribution in [3.63, 3.8) is 0 Å². The van der Waals surface area contributed by atoms with E-state index in [-0.39, 0.29) is 5.92 Å². The normalized spacial score (nSPS) is 22.1. The summed E-state index contributed by atoms with van der Waals surface area (Å²) in [6.07, 6.45) is 6.60. The molecule has 24 heavy (non-hydrogen) atoms. The molecule has 1 aliphatic carbocycles. The van der Waals surface area contributed by atoms with E-state index in [0.29, 0.717) is 11.9 Å². The number of nitrogens with one attached hydrogen (secondary N) is 2. The minimum Gasteiger partial charge on any atom is -0.356 e. The lowest BCUT2D eigenvalue weighted by Crippen LogP contribution is -2.45. The maximum absolute atomic E-state index is 12.5. The number of hydrogen-bond donors (Lipinski definition) is 2. The highest BCUT2D eigenvalue weighted by Gasteiger charge is 2.32. The number of carbonyl (C=O) groups excluding carboxylic acids is 1. The molecule has 2 aliphatic rings. The number of guanidine groups is 1. The van der Waals surface area contributed by atoms with Gasteiger partial charge in [-0.3, -0.25) is 9.79 Å². The van der Waals surface area contributed by atoms with E-state index in [2.05, 4.69) is 32.5 Å². The van der Waals surface area contributed by atoms with Crippen LogP contribution < -0.4 is 10.6 Å². The van der Waals surface area contributed by atoms with Crippen LogP contribution in [0.5, 0.6) is 0 Å². The van der Waals surface area contributed by atoms with Crippen molar-refractivity contribution in [1.82, 2.24) is 15.5 Å². The number of hydrogen-bond acceptors (Lipinski definition) is 3. The highest BCUT2D eigenvalue weighted by atomic mass is 32.1. The molecule has 132 valence electrons. The molecule has 0 spiro atoms. The van der Waals surface area contributed by atoms with Crippen molar-refractivity contribution in [2.45, 2.75) is 44.6 Å². The highest BCUT2D eigenvalue weighted by Crippen LogP contribution is 2.27. The van der Waals surface area contributed by atoms with Gasteiger partial charge in [0.25, 0.3) is 0 Å². The summed E-state index contributed by atoms with van der Waals surface area (Å²) in [6.45, 7) is 2.55. The van der Waals surface area contributed by atoms with Crippen molar-refractivity contribution in [1.29, 1.82) is 0 Å². The zero-order valence-electron chi connectivity index (χ0n) is 14.5. The van der Waals surface area contributed by atoms with E-state index in [1.807, 2.05) is 4.90 Å². The van der Waals surface area contributed by atoms with Crippen LogP contribution >= 0.6 is 11.3 Å². The molecule has 2 N–H and O–H groups in total. The van der Waals surface area contributed by atoms with Crippen molar-refractivity contribution < 1.29 is 4.79 Å². The van der Waals surface area contributed by atoms with Crippen molar-refractivity contribution >= 4 is 23.2 Å². The van der Waals surface area contributed by atoms with Crippen molar-refractivity contribution in [3.05, 3.63) is 22.4 Å². The van der Waals surface area contributed by atoms with Crippen LogP contribution in [-0.2, 0) is 11.2 Å². The average molecular weight is 349 g/mol. The Balaban J connectivity index is 1.40. The third-order valence-corrected chi connectivity index (χ3v) is 5.79. The summed E-state index contributed by atoms with van der Waals surface area (Å²) in [5, 5.41) is 11.1. The fourth-order valence-electron chi connectivity index (χ4n) is 3.66. The number of nitrogens with zero attached hydrogens (tertiary/aromatic N) is 2. The molecule has 0 bridgehead atoms. The van der Waals surface area contributed by atoms with Gasteiger partial charge in [0, 0.05) is 38.6 Å². The first-order chi connectivity index (χ1) is 11.8. The molecule has 1 unspecified atom stereocenters. The first kappa shape index (κ1) is 17.3.